The van der Waals surface area contributed by atoms with E-state index in [1.807, 2.05) is 6.92 Å². The smallest absolute Gasteiger partial charge is 0.306 e. The number of aliphatic carboxylic acids is 1. The first kappa shape index (κ1) is 31.8. The first-order valence-electron chi connectivity index (χ1n) is 16.1. The molecule has 0 unspecified atom stereocenters. The van der Waals surface area contributed by atoms with Crippen molar-refractivity contribution in [2.45, 2.75) is 109 Å². The van der Waals surface area contributed by atoms with Crippen LogP contribution in [0.3, 0.4) is 0 Å². The van der Waals surface area contributed by atoms with E-state index in [9.17, 15) is 34.2 Å². The number of allylic oxidation sites excluding steroid dienone is 1. The lowest BCUT2D eigenvalue weighted by atomic mass is 9.45. The van der Waals surface area contributed by atoms with Crippen LogP contribution in [-0.2, 0) is 28.7 Å². The number of carboxylic acids is 1. The van der Waals surface area contributed by atoms with Crippen LogP contribution in [0.5, 0.6) is 0 Å². The standard InChI is InChI=1S/C33H47NO9/c1-31-13-11-22(35)15-21(31)7-8-23-24-12-14-33(42,32(24,2)16-25(36)29(23)31)26(37)18-43-28(39)10-9-27(38)34-17-19-3-5-20(6-4-19)30(40)41/h15,19-20,23-25,29,36,42H,3-14,16-18H2,1-2H3,(H,34,38)(H,40,41)/t19?,20?,23-,24+,25-,29-,31-,32-,33-/m0/s1. The molecule has 5 rings (SSSR count). The number of ether oxygens (including phenoxy) is 1. The van der Waals surface area contributed by atoms with Crippen LogP contribution in [0.25, 0.3) is 0 Å². The van der Waals surface area contributed by atoms with Gasteiger partial charge in [-0.25, -0.2) is 0 Å². The lowest BCUT2D eigenvalue weighted by Crippen LogP contribution is -2.62. The van der Waals surface area contributed by atoms with Crippen LogP contribution >= 0.6 is 0 Å². The quantitative estimate of drug-likeness (QED) is 0.290. The first-order chi connectivity index (χ1) is 20.3. The molecule has 4 saturated carbocycles. The predicted molar refractivity (Wildman–Crippen MR) is 154 cm³/mol. The predicted octanol–water partition coefficient (Wildman–Crippen LogP) is 3.12. The highest BCUT2D eigenvalue weighted by atomic mass is 16.5. The van der Waals surface area contributed by atoms with Gasteiger partial charge >= 0.3 is 11.9 Å². The molecule has 0 heterocycles. The Hall–Kier alpha value is -2.59. The fourth-order valence-electron chi connectivity index (χ4n) is 9.66. The molecule has 1 amide bonds. The Morgan fingerprint density at radius 1 is 1.00 bits per heavy atom. The van der Waals surface area contributed by atoms with Crippen molar-refractivity contribution < 1.29 is 44.0 Å². The lowest BCUT2D eigenvalue weighted by molar-refractivity contribution is -0.184. The summed E-state index contributed by atoms with van der Waals surface area (Å²) in [4.78, 5) is 61.3. The molecule has 5 aliphatic rings. The molecule has 0 aliphatic heterocycles. The van der Waals surface area contributed by atoms with Crippen molar-refractivity contribution in [1.29, 1.82) is 0 Å². The molecule has 5 aliphatic carbocycles. The maximum Gasteiger partial charge on any atom is 0.306 e. The molecule has 4 fully saturated rings. The Bertz CT molecular complexity index is 1190. The lowest BCUT2D eigenvalue weighted by Gasteiger charge is -2.60. The van der Waals surface area contributed by atoms with E-state index in [-0.39, 0.29) is 72.4 Å². The van der Waals surface area contributed by atoms with E-state index in [4.69, 9.17) is 9.84 Å². The van der Waals surface area contributed by atoms with Crippen molar-refractivity contribution in [3.05, 3.63) is 11.6 Å². The third kappa shape index (κ3) is 5.81. The van der Waals surface area contributed by atoms with Crippen LogP contribution < -0.4 is 5.32 Å². The van der Waals surface area contributed by atoms with Crippen LogP contribution in [0.15, 0.2) is 11.6 Å². The van der Waals surface area contributed by atoms with Gasteiger partial charge in [-0.3, -0.25) is 24.0 Å². The molecule has 0 radical (unpaired) electrons. The van der Waals surface area contributed by atoms with E-state index in [2.05, 4.69) is 12.2 Å². The summed E-state index contributed by atoms with van der Waals surface area (Å²) in [5, 5.41) is 35.3. The van der Waals surface area contributed by atoms with Gasteiger partial charge in [0.05, 0.1) is 18.4 Å². The number of aliphatic hydroxyl groups is 2. The Balaban J connectivity index is 1.11. The minimum Gasteiger partial charge on any atom is -0.481 e. The van der Waals surface area contributed by atoms with Gasteiger partial charge in [0.25, 0.3) is 0 Å². The van der Waals surface area contributed by atoms with E-state index in [0.717, 1.165) is 31.3 Å². The summed E-state index contributed by atoms with van der Waals surface area (Å²) in [6, 6.07) is 0. The molecule has 0 saturated heterocycles. The number of carbonyl (C=O) groups is 5. The summed E-state index contributed by atoms with van der Waals surface area (Å²) in [7, 11) is 0. The number of aliphatic hydroxyl groups excluding tert-OH is 1. The van der Waals surface area contributed by atoms with E-state index in [1.54, 1.807) is 6.08 Å². The van der Waals surface area contributed by atoms with Gasteiger partial charge in [-0.2, -0.15) is 0 Å². The Morgan fingerprint density at radius 3 is 2.42 bits per heavy atom. The number of hydrogen-bond donors (Lipinski definition) is 4. The van der Waals surface area contributed by atoms with Crippen LogP contribution in [0.4, 0.5) is 0 Å². The van der Waals surface area contributed by atoms with Gasteiger partial charge < -0.3 is 25.4 Å². The second-order valence-electron chi connectivity index (χ2n) is 14.4. The van der Waals surface area contributed by atoms with Gasteiger partial charge in [0.15, 0.2) is 12.4 Å². The number of ketones is 2. The summed E-state index contributed by atoms with van der Waals surface area (Å²) in [6.45, 7) is 3.91. The molecule has 4 N–H and O–H groups in total. The summed E-state index contributed by atoms with van der Waals surface area (Å²) >= 11 is 0. The zero-order valence-corrected chi connectivity index (χ0v) is 25.4. The maximum absolute atomic E-state index is 13.4. The fourth-order valence-corrected chi connectivity index (χ4v) is 9.66. The zero-order valence-electron chi connectivity index (χ0n) is 25.4. The summed E-state index contributed by atoms with van der Waals surface area (Å²) in [6.07, 6.45) is 7.39. The molecule has 0 bridgehead atoms. The van der Waals surface area contributed by atoms with Crippen molar-refractivity contribution >= 4 is 29.4 Å². The van der Waals surface area contributed by atoms with Crippen molar-refractivity contribution in [3.8, 4) is 0 Å². The third-order valence-electron chi connectivity index (χ3n) is 12.2. The number of carboxylic acid groups (broad SMARTS) is 1. The third-order valence-corrected chi connectivity index (χ3v) is 12.2. The van der Waals surface area contributed by atoms with Crippen LogP contribution in [0, 0.1) is 40.4 Å². The van der Waals surface area contributed by atoms with Crippen molar-refractivity contribution in [3.63, 3.8) is 0 Å². The van der Waals surface area contributed by atoms with E-state index >= 15 is 0 Å². The van der Waals surface area contributed by atoms with Gasteiger partial charge in [0, 0.05) is 24.8 Å². The average molecular weight is 602 g/mol. The molecule has 7 atom stereocenters. The molecular weight excluding hydrogens is 554 g/mol. The topological polar surface area (TPSA) is 167 Å². The van der Waals surface area contributed by atoms with Crippen LogP contribution in [0.2, 0.25) is 0 Å². The molecule has 0 spiro atoms. The number of carbonyl (C=O) groups excluding carboxylic acids is 4. The molecular formula is C33H47NO9. The second-order valence-corrected chi connectivity index (χ2v) is 14.4. The number of nitrogens with one attached hydrogen (secondary N) is 1. The Labute approximate surface area is 253 Å². The summed E-state index contributed by atoms with van der Waals surface area (Å²) in [5.74, 6) is -2.15. The van der Waals surface area contributed by atoms with Crippen molar-refractivity contribution in [2.24, 2.45) is 40.4 Å². The Kier molecular flexibility index (Phi) is 8.93. The van der Waals surface area contributed by atoms with Crippen molar-refractivity contribution in [2.75, 3.05) is 13.2 Å². The molecule has 10 nitrogen and oxygen atoms in total. The Morgan fingerprint density at radius 2 is 1.72 bits per heavy atom. The van der Waals surface area contributed by atoms with Crippen LogP contribution in [-0.4, -0.2) is 69.6 Å². The summed E-state index contributed by atoms with van der Waals surface area (Å²) in [5.41, 5.74) is -1.71. The highest BCUT2D eigenvalue weighted by Crippen LogP contribution is 2.67. The number of esters is 1. The monoisotopic (exact) mass is 601 g/mol. The number of hydrogen-bond acceptors (Lipinski definition) is 8. The zero-order chi connectivity index (χ0) is 31.2. The average Bonchev–Trinajstić information content (AvgIpc) is 3.24. The minimum atomic E-state index is -1.72. The number of Topliss-reactive ketones (excluding diaryl/α,β-unsaturated/α-hetero) is 1. The highest BCUT2D eigenvalue weighted by Gasteiger charge is 2.68. The van der Waals surface area contributed by atoms with E-state index in [1.165, 1.54) is 0 Å². The molecule has 238 valence electrons. The minimum absolute atomic E-state index is 0.0279. The fraction of sp³-hybridized carbons (Fsp3) is 0.788. The van der Waals surface area contributed by atoms with Crippen molar-refractivity contribution in [1.82, 2.24) is 5.32 Å². The number of amides is 1. The maximum atomic E-state index is 13.4. The molecule has 0 aromatic carbocycles. The van der Waals surface area contributed by atoms with Gasteiger partial charge in [-0.05, 0) is 99.4 Å². The molecule has 43 heavy (non-hydrogen) atoms. The highest BCUT2D eigenvalue weighted by molar-refractivity contribution is 5.92. The van der Waals surface area contributed by atoms with E-state index < -0.39 is 41.4 Å². The van der Waals surface area contributed by atoms with Gasteiger partial charge in [-0.15, -0.1) is 0 Å². The van der Waals surface area contributed by atoms with Gasteiger partial charge in [0.1, 0.15) is 5.60 Å². The van der Waals surface area contributed by atoms with Crippen LogP contribution in [0.1, 0.15) is 97.3 Å². The normalized spacial score (nSPS) is 40.4. The number of fused-ring (bicyclic) bond motifs is 5. The summed E-state index contributed by atoms with van der Waals surface area (Å²) < 4.78 is 5.23. The molecule has 0 aromatic heterocycles. The SMILES string of the molecule is C[C@]12CCC(=O)C=C1CC[C@@H]1[C@H]2[C@@H](O)C[C@@]2(C)[C@@H]1CC[C@]2(O)C(=O)COC(=O)CCC(=O)NCC1CCC(C(=O)O)CC1. The largest absolute Gasteiger partial charge is 0.481 e. The number of rotatable bonds is 9. The van der Waals surface area contributed by atoms with E-state index in [0.29, 0.717) is 38.6 Å². The first-order valence-corrected chi connectivity index (χ1v) is 16.1. The second kappa shape index (κ2) is 12.1. The van der Waals surface area contributed by atoms with Gasteiger partial charge in [-0.1, -0.05) is 19.4 Å². The molecule has 10 heteroatoms. The molecule has 0 aromatic rings. The van der Waals surface area contributed by atoms with Gasteiger partial charge in [0.2, 0.25) is 11.7 Å².